The zero-order valence-electron chi connectivity index (χ0n) is 26.3. The highest BCUT2D eigenvalue weighted by atomic mass is 32.2. The molecule has 2 aliphatic carbocycles. The fraction of sp³-hybridized carbons (Fsp3) is 0.485. The monoisotopic (exact) mass is 720 g/mol. The Morgan fingerprint density at radius 1 is 1.12 bits per heavy atom. The summed E-state index contributed by atoms with van der Waals surface area (Å²) in [5, 5.41) is 7.57. The van der Waals surface area contributed by atoms with E-state index in [4.69, 9.17) is 18.8 Å². The van der Waals surface area contributed by atoms with Crippen LogP contribution in [0.4, 0.5) is 18.3 Å². The number of hydrogen-bond donors (Lipinski definition) is 2. The van der Waals surface area contributed by atoms with Gasteiger partial charge in [0.1, 0.15) is 17.2 Å². The van der Waals surface area contributed by atoms with Crippen LogP contribution in [-0.2, 0) is 21.5 Å². The quantitative estimate of drug-likeness (QED) is 0.161. The van der Waals surface area contributed by atoms with Gasteiger partial charge in [0.05, 0.1) is 28.7 Å². The SMILES string of the molecule is O=C(NCCS(=O)(=O)O)c1ccc2nc(N3CCCC4CC(OCc5c(-c6ccccc6OC(F)(F)F)noc5C5CC5)CC3C4)sc2c1. The minimum Gasteiger partial charge on any atom is -0.405 e. The van der Waals surface area contributed by atoms with Crippen molar-refractivity contribution in [3.8, 4) is 17.0 Å². The molecule has 2 bridgehead atoms. The highest BCUT2D eigenvalue weighted by Gasteiger charge is 2.39. The Balaban J connectivity index is 1.07. The first-order chi connectivity index (χ1) is 23.4. The number of ether oxygens (including phenoxy) is 2. The maximum atomic E-state index is 13.2. The second kappa shape index (κ2) is 13.5. The number of hydrogen-bond acceptors (Lipinski definition) is 10. The van der Waals surface area contributed by atoms with Gasteiger partial charge in [-0.15, -0.1) is 13.2 Å². The lowest BCUT2D eigenvalue weighted by molar-refractivity contribution is -0.274. The lowest BCUT2D eigenvalue weighted by Gasteiger charge is -2.38. The number of nitrogens with one attached hydrogen (secondary N) is 1. The fourth-order valence-corrected chi connectivity index (χ4v) is 8.41. The normalized spacial score (nSPS) is 21.5. The van der Waals surface area contributed by atoms with Crippen LogP contribution < -0.4 is 15.0 Å². The lowest BCUT2D eigenvalue weighted by atomic mass is 9.82. The molecule has 3 aliphatic rings. The van der Waals surface area contributed by atoms with Gasteiger partial charge < -0.3 is 24.2 Å². The van der Waals surface area contributed by atoms with Crippen molar-refractivity contribution in [2.75, 3.05) is 23.7 Å². The number of para-hydroxylation sites is 1. The van der Waals surface area contributed by atoms with Crippen molar-refractivity contribution >= 4 is 42.7 Å². The van der Waals surface area contributed by atoms with Crippen LogP contribution in [0.2, 0.25) is 0 Å². The Labute approximate surface area is 284 Å². The number of halogens is 3. The maximum absolute atomic E-state index is 13.2. The second-order valence-corrected chi connectivity index (χ2v) is 15.5. The number of alkyl halides is 3. The van der Waals surface area contributed by atoms with Gasteiger partial charge in [0, 0.05) is 41.7 Å². The molecule has 0 spiro atoms. The number of carbonyl (C=O) groups excluding carboxylic acids is 1. The molecule has 2 saturated carbocycles. The molecule has 3 fully saturated rings. The number of aromatic nitrogens is 2. The third-order valence-corrected chi connectivity index (χ3v) is 11.1. The number of nitrogens with zero attached hydrogens (tertiary/aromatic N) is 3. The summed E-state index contributed by atoms with van der Waals surface area (Å²) in [5.74, 6) is -0.0724. The molecule has 1 aliphatic heterocycles. The van der Waals surface area contributed by atoms with Crippen LogP contribution in [0.5, 0.6) is 5.75 Å². The summed E-state index contributed by atoms with van der Waals surface area (Å²) in [6.45, 7) is 0.781. The summed E-state index contributed by atoms with van der Waals surface area (Å²) in [6.07, 6.45) is 1.56. The van der Waals surface area contributed by atoms with Crippen LogP contribution >= 0.6 is 11.3 Å². The molecule has 1 saturated heterocycles. The average Bonchev–Trinajstić information content (AvgIpc) is 3.69. The number of benzene rings is 2. The van der Waals surface area contributed by atoms with E-state index in [1.807, 2.05) is 0 Å². The summed E-state index contributed by atoms with van der Waals surface area (Å²) in [7, 11) is -4.18. The smallest absolute Gasteiger partial charge is 0.405 e. The zero-order valence-corrected chi connectivity index (χ0v) is 28.0. The fourth-order valence-electron chi connectivity index (χ4n) is 6.95. The number of anilines is 1. The molecule has 2 aromatic carbocycles. The Hall–Kier alpha value is -3.73. The van der Waals surface area contributed by atoms with E-state index in [0.717, 1.165) is 66.8 Å². The first-order valence-corrected chi connectivity index (χ1v) is 18.7. The zero-order chi connectivity index (χ0) is 34.3. The first kappa shape index (κ1) is 33.8. The molecule has 3 heterocycles. The summed E-state index contributed by atoms with van der Waals surface area (Å²) in [4.78, 5) is 19.8. The predicted octanol–water partition coefficient (Wildman–Crippen LogP) is 6.70. The average molecular weight is 721 g/mol. The molecule has 3 atom stereocenters. The molecule has 0 radical (unpaired) electrons. The summed E-state index contributed by atoms with van der Waals surface area (Å²) >= 11 is 1.49. The molecule has 4 aromatic rings. The van der Waals surface area contributed by atoms with Gasteiger partial charge in [0.25, 0.3) is 16.0 Å². The molecular formula is C33H35F3N4O7S2. The number of rotatable bonds is 11. The van der Waals surface area contributed by atoms with Gasteiger partial charge in [-0.2, -0.15) is 8.42 Å². The van der Waals surface area contributed by atoms with Crippen molar-refractivity contribution in [2.24, 2.45) is 5.92 Å². The topological polar surface area (TPSA) is 144 Å². The van der Waals surface area contributed by atoms with Crippen molar-refractivity contribution < 1.29 is 44.9 Å². The molecule has 3 unspecified atom stereocenters. The molecule has 11 nitrogen and oxygen atoms in total. The van der Waals surface area contributed by atoms with Gasteiger partial charge in [0.2, 0.25) is 0 Å². The summed E-state index contributed by atoms with van der Waals surface area (Å²) in [5.41, 5.74) is 2.28. The third kappa shape index (κ3) is 8.03. The van der Waals surface area contributed by atoms with Gasteiger partial charge >= 0.3 is 6.36 Å². The van der Waals surface area contributed by atoms with E-state index in [9.17, 15) is 26.4 Å². The van der Waals surface area contributed by atoms with E-state index in [-0.39, 0.29) is 42.5 Å². The van der Waals surface area contributed by atoms with Crippen LogP contribution in [0.3, 0.4) is 0 Å². The van der Waals surface area contributed by atoms with Crippen molar-refractivity contribution in [2.45, 2.75) is 76.0 Å². The van der Waals surface area contributed by atoms with Crippen LogP contribution in [0.25, 0.3) is 21.5 Å². The van der Waals surface area contributed by atoms with Crippen LogP contribution in [-0.4, -0.2) is 66.4 Å². The number of amides is 1. The Morgan fingerprint density at radius 3 is 2.71 bits per heavy atom. The van der Waals surface area contributed by atoms with Crippen LogP contribution in [0.15, 0.2) is 47.0 Å². The molecule has 2 N–H and O–H groups in total. The number of thiazole rings is 1. The standard InChI is InChI=1S/C33H35F3N4O7S2/c34-33(35,36)46-27-6-2-1-5-24(27)29-25(30(47-39-29)20-7-8-20)18-45-23-15-19-4-3-12-40(22(14-19)17-23)32-38-26-10-9-21(16-28(26)48-32)31(41)37-11-13-49(42,43)44/h1-2,5-6,9-10,16,19-20,22-23H,3-4,7-8,11-15,17-18H2,(H,37,41)(H,42,43,44). The van der Waals surface area contributed by atoms with Gasteiger partial charge in [-0.05, 0) is 81.2 Å². The Kier molecular flexibility index (Phi) is 9.32. The van der Waals surface area contributed by atoms with E-state index in [0.29, 0.717) is 28.5 Å². The molecule has 1 amide bonds. The van der Waals surface area contributed by atoms with Crippen molar-refractivity contribution in [1.29, 1.82) is 0 Å². The summed E-state index contributed by atoms with van der Waals surface area (Å²) < 4.78 is 88.0. The molecule has 49 heavy (non-hydrogen) atoms. The molecular weight excluding hydrogens is 686 g/mol. The Morgan fingerprint density at radius 2 is 1.94 bits per heavy atom. The first-order valence-electron chi connectivity index (χ1n) is 16.3. The van der Waals surface area contributed by atoms with Gasteiger partial charge in [-0.1, -0.05) is 28.6 Å². The van der Waals surface area contributed by atoms with Crippen molar-refractivity contribution in [1.82, 2.24) is 15.5 Å². The number of carbonyl (C=O) groups is 1. The Bertz CT molecular complexity index is 1940. The lowest BCUT2D eigenvalue weighted by Crippen LogP contribution is -2.41. The minimum atomic E-state index is -4.85. The van der Waals surface area contributed by atoms with Gasteiger partial charge in [0.15, 0.2) is 5.13 Å². The van der Waals surface area contributed by atoms with E-state index >= 15 is 0 Å². The van der Waals surface area contributed by atoms with Crippen molar-refractivity contribution in [3.63, 3.8) is 0 Å². The van der Waals surface area contributed by atoms with E-state index in [1.165, 1.54) is 23.5 Å². The predicted molar refractivity (Wildman–Crippen MR) is 175 cm³/mol. The van der Waals surface area contributed by atoms with Crippen LogP contribution in [0, 0.1) is 5.92 Å². The highest BCUT2D eigenvalue weighted by Crippen LogP contribution is 2.46. The van der Waals surface area contributed by atoms with E-state index in [2.05, 4.69) is 20.1 Å². The highest BCUT2D eigenvalue weighted by molar-refractivity contribution is 7.85. The minimum absolute atomic E-state index is 0.0896. The van der Waals surface area contributed by atoms with Crippen LogP contribution in [0.1, 0.15) is 72.5 Å². The number of fused-ring (bicyclic) bond motifs is 3. The summed E-state index contributed by atoms with van der Waals surface area (Å²) in [6, 6.07) is 11.2. The van der Waals surface area contributed by atoms with Gasteiger partial charge in [-0.25, -0.2) is 4.98 Å². The molecule has 2 aromatic heterocycles. The third-order valence-electron chi connectivity index (χ3n) is 9.32. The molecule has 262 valence electrons. The molecule has 16 heteroatoms. The second-order valence-electron chi connectivity index (χ2n) is 12.9. The van der Waals surface area contributed by atoms with Crippen molar-refractivity contribution in [3.05, 3.63) is 59.4 Å². The molecule has 7 rings (SSSR count). The van der Waals surface area contributed by atoms with Gasteiger partial charge in [-0.3, -0.25) is 9.35 Å². The largest absolute Gasteiger partial charge is 0.573 e. The van der Waals surface area contributed by atoms with E-state index in [1.54, 1.807) is 30.3 Å². The maximum Gasteiger partial charge on any atom is 0.573 e. The van der Waals surface area contributed by atoms with E-state index < -0.39 is 28.1 Å².